The molecule has 1 amide bonds. The minimum absolute atomic E-state index is 0.371. The van der Waals surface area contributed by atoms with Crippen molar-refractivity contribution in [1.29, 1.82) is 0 Å². The number of hydrogen-bond donors (Lipinski definition) is 1. The maximum Gasteiger partial charge on any atom is 0.317 e. The molecule has 1 aliphatic rings. The van der Waals surface area contributed by atoms with E-state index in [1.165, 1.54) is 23.5 Å². The standard InChI is InChI=1S/C18H19FN2O4S/c1-12-11-26-17(20-12)21-15(22)10-25-16(23)18(5-7-24-8-6-18)13-3-2-4-14(19)9-13/h2-4,9,11H,5-8,10H2,1H3,(H,20,21,22). The smallest absolute Gasteiger partial charge is 0.317 e. The van der Waals surface area contributed by atoms with Gasteiger partial charge in [0, 0.05) is 18.6 Å². The van der Waals surface area contributed by atoms with E-state index >= 15 is 0 Å². The number of esters is 1. The van der Waals surface area contributed by atoms with Crippen LogP contribution in [-0.2, 0) is 24.5 Å². The highest BCUT2D eigenvalue weighted by Crippen LogP contribution is 2.36. The first-order valence-corrected chi connectivity index (χ1v) is 9.10. The maximum absolute atomic E-state index is 13.7. The number of amides is 1. The van der Waals surface area contributed by atoms with Crippen molar-refractivity contribution in [3.8, 4) is 0 Å². The van der Waals surface area contributed by atoms with E-state index < -0.39 is 29.7 Å². The van der Waals surface area contributed by atoms with Crippen LogP contribution in [0.25, 0.3) is 0 Å². The van der Waals surface area contributed by atoms with Crippen LogP contribution in [0.3, 0.4) is 0 Å². The second kappa shape index (κ2) is 7.92. The van der Waals surface area contributed by atoms with Gasteiger partial charge in [0.25, 0.3) is 5.91 Å². The highest BCUT2D eigenvalue weighted by atomic mass is 32.1. The summed E-state index contributed by atoms with van der Waals surface area (Å²) in [6.07, 6.45) is 0.755. The van der Waals surface area contributed by atoms with Crippen molar-refractivity contribution in [1.82, 2.24) is 4.98 Å². The minimum Gasteiger partial charge on any atom is -0.455 e. The summed E-state index contributed by atoms with van der Waals surface area (Å²) in [5.74, 6) is -1.43. The molecule has 8 heteroatoms. The fraction of sp³-hybridized carbons (Fsp3) is 0.389. The van der Waals surface area contributed by atoms with Crippen molar-refractivity contribution in [2.45, 2.75) is 25.2 Å². The number of carbonyl (C=O) groups excluding carboxylic acids is 2. The number of nitrogens with one attached hydrogen (secondary N) is 1. The van der Waals surface area contributed by atoms with E-state index in [1.807, 2.05) is 12.3 Å². The molecule has 1 saturated heterocycles. The molecule has 0 spiro atoms. The summed E-state index contributed by atoms with van der Waals surface area (Å²) in [6, 6.07) is 5.93. The van der Waals surface area contributed by atoms with Gasteiger partial charge in [0.15, 0.2) is 11.7 Å². The van der Waals surface area contributed by atoms with Gasteiger partial charge in [-0.15, -0.1) is 11.3 Å². The molecule has 0 atom stereocenters. The Hall–Kier alpha value is -2.32. The number of aromatic nitrogens is 1. The van der Waals surface area contributed by atoms with Crippen molar-refractivity contribution < 1.29 is 23.5 Å². The monoisotopic (exact) mass is 378 g/mol. The van der Waals surface area contributed by atoms with Crippen LogP contribution in [0.4, 0.5) is 9.52 Å². The van der Waals surface area contributed by atoms with Gasteiger partial charge in [0.05, 0.1) is 11.1 Å². The van der Waals surface area contributed by atoms with Crippen LogP contribution >= 0.6 is 11.3 Å². The summed E-state index contributed by atoms with van der Waals surface area (Å²) in [5, 5.41) is 4.85. The molecule has 26 heavy (non-hydrogen) atoms. The molecule has 2 aromatic rings. The zero-order valence-electron chi connectivity index (χ0n) is 14.3. The molecule has 0 radical (unpaired) electrons. The predicted molar refractivity (Wildman–Crippen MR) is 94.6 cm³/mol. The van der Waals surface area contributed by atoms with E-state index in [4.69, 9.17) is 9.47 Å². The number of halogens is 1. The van der Waals surface area contributed by atoms with Gasteiger partial charge in [-0.25, -0.2) is 9.37 Å². The lowest BCUT2D eigenvalue weighted by Gasteiger charge is -2.35. The first-order chi connectivity index (χ1) is 12.5. The quantitative estimate of drug-likeness (QED) is 0.810. The molecule has 1 aromatic carbocycles. The summed E-state index contributed by atoms with van der Waals surface area (Å²) in [6.45, 7) is 2.14. The number of benzene rings is 1. The second-order valence-corrected chi connectivity index (χ2v) is 6.98. The Morgan fingerprint density at radius 3 is 2.81 bits per heavy atom. The lowest BCUT2D eigenvalue weighted by molar-refractivity contribution is -0.157. The molecule has 0 aliphatic carbocycles. The van der Waals surface area contributed by atoms with Crippen molar-refractivity contribution in [3.63, 3.8) is 0 Å². The summed E-state index contributed by atoms with van der Waals surface area (Å²) in [7, 11) is 0. The Kier molecular flexibility index (Phi) is 5.63. The van der Waals surface area contributed by atoms with Crippen molar-refractivity contribution in [2.24, 2.45) is 0 Å². The van der Waals surface area contributed by atoms with Gasteiger partial charge in [-0.1, -0.05) is 12.1 Å². The first-order valence-electron chi connectivity index (χ1n) is 8.23. The molecule has 0 saturated carbocycles. The molecule has 1 fully saturated rings. The number of ether oxygens (including phenoxy) is 2. The molecule has 1 aliphatic heterocycles. The van der Waals surface area contributed by atoms with Gasteiger partial charge in [0.1, 0.15) is 5.82 Å². The van der Waals surface area contributed by atoms with Crippen molar-refractivity contribution >= 4 is 28.3 Å². The molecule has 2 heterocycles. The van der Waals surface area contributed by atoms with Gasteiger partial charge in [-0.3, -0.25) is 14.9 Å². The number of carbonyl (C=O) groups is 2. The van der Waals surface area contributed by atoms with E-state index in [0.29, 0.717) is 36.8 Å². The topological polar surface area (TPSA) is 77.5 Å². The molecular weight excluding hydrogens is 359 g/mol. The van der Waals surface area contributed by atoms with Crippen LogP contribution in [0.2, 0.25) is 0 Å². The number of anilines is 1. The number of rotatable bonds is 5. The maximum atomic E-state index is 13.7. The lowest BCUT2D eigenvalue weighted by Crippen LogP contribution is -2.43. The van der Waals surface area contributed by atoms with Crippen molar-refractivity contribution in [2.75, 3.05) is 25.1 Å². The molecule has 3 rings (SSSR count). The Bertz CT molecular complexity index is 802. The zero-order valence-corrected chi connectivity index (χ0v) is 15.1. The molecule has 6 nitrogen and oxygen atoms in total. The normalized spacial score (nSPS) is 16.1. The van der Waals surface area contributed by atoms with Crippen LogP contribution in [0.15, 0.2) is 29.6 Å². The van der Waals surface area contributed by atoms with Gasteiger partial charge in [-0.05, 0) is 37.5 Å². The average Bonchev–Trinajstić information content (AvgIpc) is 3.05. The van der Waals surface area contributed by atoms with E-state index in [-0.39, 0.29) is 0 Å². The Morgan fingerprint density at radius 2 is 2.15 bits per heavy atom. The van der Waals surface area contributed by atoms with Gasteiger partial charge < -0.3 is 9.47 Å². The van der Waals surface area contributed by atoms with Gasteiger partial charge in [-0.2, -0.15) is 0 Å². The van der Waals surface area contributed by atoms with Gasteiger partial charge >= 0.3 is 5.97 Å². The third-order valence-electron chi connectivity index (χ3n) is 4.31. The number of aryl methyl sites for hydroxylation is 1. The van der Waals surface area contributed by atoms with E-state index in [0.717, 1.165) is 5.69 Å². The number of nitrogens with zero attached hydrogens (tertiary/aromatic N) is 1. The highest BCUT2D eigenvalue weighted by Gasteiger charge is 2.43. The van der Waals surface area contributed by atoms with Crippen LogP contribution in [0, 0.1) is 12.7 Å². The summed E-state index contributed by atoms with van der Waals surface area (Å²) in [5.41, 5.74) is 0.342. The number of hydrogen-bond acceptors (Lipinski definition) is 6. The molecule has 0 bridgehead atoms. The Balaban J connectivity index is 1.69. The summed E-state index contributed by atoms with van der Waals surface area (Å²) < 4.78 is 24.3. The summed E-state index contributed by atoms with van der Waals surface area (Å²) >= 11 is 1.30. The number of thiazole rings is 1. The first kappa shape index (κ1) is 18.5. The Morgan fingerprint density at radius 1 is 1.38 bits per heavy atom. The molecular formula is C18H19FN2O4S. The third-order valence-corrected chi connectivity index (χ3v) is 5.19. The molecule has 138 valence electrons. The highest BCUT2D eigenvalue weighted by molar-refractivity contribution is 7.13. The fourth-order valence-electron chi connectivity index (χ4n) is 2.95. The minimum atomic E-state index is -1.00. The summed E-state index contributed by atoms with van der Waals surface area (Å²) in [4.78, 5) is 28.9. The SMILES string of the molecule is Cc1csc(NC(=O)COC(=O)C2(c3cccc(F)c3)CCOCC2)n1. The third kappa shape index (κ3) is 4.08. The molecule has 1 aromatic heterocycles. The molecule has 1 N–H and O–H groups in total. The largest absolute Gasteiger partial charge is 0.455 e. The lowest BCUT2D eigenvalue weighted by atomic mass is 9.74. The Labute approximate surface area is 154 Å². The van der Waals surface area contributed by atoms with Gasteiger partial charge in [0.2, 0.25) is 0 Å². The van der Waals surface area contributed by atoms with E-state index in [1.54, 1.807) is 12.1 Å². The zero-order chi connectivity index (χ0) is 18.6. The van der Waals surface area contributed by atoms with E-state index in [9.17, 15) is 14.0 Å². The van der Waals surface area contributed by atoms with Crippen LogP contribution in [0.1, 0.15) is 24.1 Å². The second-order valence-electron chi connectivity index (χ2n) is 6.12. The molecule has 0 unspecified atom stereocenters. The van der Waals surface area contributed by atoms with Crippen LogP contribution in [-0.4, -0.2) is 36.7 Å². The van der Waals surface area contributed by atoms with Crippen LogP contribution in [0.5, 0.6) is 0 Å². The average molecular weight is 378 g/mol. The fourth-order valence-corrected chi connectivity index (χ4v) is 3.66. The van der Waals surface area contributed by atoms with Crippen LogP contribution < -0.4 is 5.32 Å². The van der Waals surface area contributed by atoms with Crippen molar-refractivity contribution in [3.05, 3.63) is 46.7 Å². The predicted octanol–water partition coefficient (Wildman–Crippen LogP) is 2.82. The van der Waals surface area contributed by atoms with E-state index in [2.05, 4.69) is 10.3 Å².